The van der Waals surface area contributed by atoms with Crippen LogP contribution in [0.15, 0.2) is 0 Å². The summed E-state index contributed by atoms with van der Waals surface area (Å²) in [7, 11) is 0. The predicted molar refractivity (Wildman–Crippen MR) is 68.2 cm³/mol. The van der Waals surface area contributed by atoms with E-state index in [0.29, 0.717) is 12.3 Å². The van der Waals surface area contributed by atoms with E-state index < -0.39 is 17.9 Å². The van der Waals surface area contributed by atoms with Crippen LogP contribution in [-0.2, 0) is 14.4 Å². The quantitative estimate of drug-likeness (QED) is 0.483. The largest absolute Gasteiger partial charge is 0.480 e. The smallest absolute Gasteiger partial charge is 0.326 e. The minimum atomic E-state index is -1.14. The summed E-state index contributed by atoms with van der Waals surface area (Å²) < 4.78 is 0. The number of carbonyl (C=O) groups excluding carboxylic acids is 2. The second kappa shape index (κ2) is 7.73. The Hall–Kier alpha value is -1.63. The third kappa shape index (κ3) is 6.19. The Morgan fingerprint density at radius 1 is 1.32 bits per heavy atom. The fourth-order valence-electron chi connectivity index (χ4n) is 2.15. The lowest BCUT2D eigenvalue weighted by molar-refractivity contribution is -0.142. The van der Waals surface area contributed by atoms with Crippen molar-refractivity contribution in [3.05, 3.63) is 0 Å². The molecule has 0 saturated carbocycles. The number of primary amides is 1. The zero-order valence-corrected chi connectivity index (χ0v) is 10.9. The minimum Gasteiger partial charge on any atom is -0.480 e. The Kier molecular flexibility index (Phi) is 6.27. The maximum atomic E-state index is 11.8. The number of aliphatic carboxylic acids is 1. The Bertz CT molecular complexity index is 340. The molecule has 0 spiro atoms. The van der Waals surface area contributed by atoms with Gasteiger partial charge in [-0.25, -0.2) is 4.79 Å². The number of carboxylic acid groups (broad SMARTS) is 1. The molecule has 1 aliphatic rings. The number of nitrogens with one attached hydrogen (secondary N) is 2. The van der Waals surface area contributed by atoms with Crippen LogP contribution in [0.5, 0.6) is 0 Å². The van der Waals surface area contributed by atoms with E-state index in [2.05, 4.69) is 10.6 Å². The lowest BCUT2D eigenvalue weighted by atomic mass is 9.94. The van der Waals surface area contributed by atoms with Crippen LogP contribution in [0.1, 0.15) is 32.1 Å². The van der Waals surface area contributed by atoms with Crippen molar-refractivity contribution in [2.75, 3.05) is 13.1 Å². The second-order valence-corrected chi connectivity index (χ2v) is 4.86. The maximum Gasteiger partial charge on any atom is 0.326 e. The van der Waals surface area contributed by atoms with E-state index in [4.69, 9.17) is 10.8 Å². The van der Waals surface area contributed by atoms with Crippen molar-refractivity contribution in [1.82, 2.24) is 10.6 Å². The number of nitrogens with two attached hydrogens (primary N) is 1. The SMILES string of the molecule is NC(=O)CCC(NC(=O)CC1CCNCC1)C(=O)O. The summed E-state index contributed by atoms with van der Waals surface area (Å²) in [6.45, 7) is 1.78. The van der Waals surface area contributed by atoms with Crippen molar-refractivity contribution in [2.45, 2.75) is 38.1 Å². The molecule has 1 aliphatic heterocycles. The highest BCUT2D eigenvalue weighted by atomic mass is 16.4. The van der Waals surface area contributed by atoms with E-state index in [1.165, 1.54) is 0 Å². The molecule has 0 bridgehead atoms. The third-order valence-electron chi connectivity index (χ3n) is 3.25. The Labute approximate surface area is 111 Å². The number of amides is 2. The standard InChI is InChI=1S/C12H21N3O4/c13-10(16)2-1-9(12(18)19)15-11(17)7-8-3-5-14-6-4-8/h8-9,14H,1-7H2,(H2,13,16)(H,15,17)(H,18,19). The zero-order chi connectivity index (χ0) is 14.3. The monoisotopic (exact) mass is 271 g/mol. The van der Waals surface area contributed by atoms with Crippen molar-refractivity contribution in [3.8, 4) is 0 Å². The van der Waals surface area contributed by atoms with Gasteiger partial charge in [-0.05, 0) is 38.3 Å². The molecule has 1 unspecified atom stereocenters. The Balaban J connectivity index is 2.37. The minimum absolute atomic E-state index is 0.0304. The van der Waals surface area contributed by atoms with Crippen molar-refractivity contribution >= 4 is 17.8 Å². The van der Waals surface area contributed by atoms with E-state index in [9.17, 15) is 14.4 Å². The van der Waals surface area contributed by atoms with Gasteiger partial charge in [0.2, 0.25) is 11.8 Å². The molecule has 1 rings (SSSR count). The van der Waals surface area contributed by atoms with Crippen LogP contribution >= 0.6 is 0 Å². The van der Waals surface area contributed by atoms with Crippen LogP contribution in [-0.4, -0.2) is 42.0 Å². The first kappa shape index (κ1) is 15.4. The molecule has 0 radical (unpaired) electrons. The van der Waals surface area contributed by atoms with E-state index >= 15 is 0 Å². The Morgan fingerprint density at radius 2 is 1.95 bits per heavy atom. The summed E-state index contributed by atoms with van der Waals surface area (Å²) in [6, 6.07) is -1.04. The summed E-state index contributed by atoms with van der Waals surface area (Å²) in [5.41, 5.74) is 4.97. The molecule has 0 aliphatic carbocycles. The first-order chi connectivity index (χ1) is 8.99. The van der Waals surface area contributed by atoms with Gasteiger partial charge in [-0.3, -0.25) is 9.59 Å². The topological polar surface area (TPSA) is 122 Å². The van der Waals surface area contributed by atoms with Gasteiger partial charge in [-0.1, -0.05) is 0 Å². The second-order valence-electron chi connectivity index (χ2n) is 4.86. The molecule has 1 fully saturated rings. The van der Waals surface area contributed by atoms with Crippen LogP contribution in [0.2, 0.25) is 0 Å². The van der Waals surface area contributed by atoms with E-state index in [0.717, 1.165) is 25.9 Å². The lowest BCUT2D eigenvalue weighted by Crippen LogP contribution is -2.42. The van der Waals surface area contributed by atoms with Crippen LogP contribution in [0, 0.1) is 5.92 Å². The van der Waals surface area contributed by atoms with Crippen molar-refractivity contribution in [1.29, 1.82) is 0 Å². The number of rotatable bonds is 7. The maximum absolute atomic E-state index is 11.8. The van der Waals surface area contributed by atoms with Gasteiger partial charge in [0, 0.05) is 12.8 Å². The molecule has 108 valence electrons. The average molecular weight is 271 g/mol. The molecule has 2 amide bonds. The van der Waals surface area contributed by atoms with Crippen LogP contribution in [0.25, 0.3) is 0 Å². The van der Waals surface area contributed by atoms with Gasteiger partial charge in [-0.2, -0.15) is 0 Å². The summed E-state index contributed by atoms with van der Waals surface area (Å²) in [4.78, 5) is 33.4. The van der Waals surface area contributed by atoms with Crippen LogP contribution < -0.4 is 16.4 Å². The first-order valence-corrected chi connectivity index (χ1v) is 6.50. The van der Waals surface area contributed by atoms with Gasteiger partial charge < -0.3 is 21.5 Å². The summed E-state index contributed by atoms with van der Waals surface area (Å²) in [5.74, 6) is -1.69. The van der Waals surface area contributed by atoms with Gasteiger partial charge in [0.15, 0.2) is 0 Å². The highest BCUT2D eigenvalue weighted by molar-refractivity contribution is 5.84. The average Bonchev–Trinajstić information content (AvgIpc) is 2.35. The number of hydrogen-bond acceptors (Lipinski definition) is 4. The fraction of sp³-hybridized carbons (Fsp3) is 0.750. The van der Waals surface area contributed by atoms with Gasteiger partial charge in [0.1, 0.15) is 6.04 Å². The third-order valence-corrected chi connectivity index (χ3v) is 3.25. The molecule has 1 saturated heterocycles. The first-order valence-electron chi connectivity index (χ1n) is 6.50. The Morgan fingerprint density at radius 3 is 2.47 bits per heavy atom. The van der Waals surface area contributed by atoms with Gasteiger partial charge in [-0.15, -0.1) is 0 Å². The zero-order valence-electron chi connectivity index (χ0n) is 10.9. The van der Waals surface area contributed by atoms with Crippen molar-refractivity contribution in [3.63, 3.8) is 0 Å². The molecule has 7 nitrogen and oxygen atoms in total. The van der Waals surface area contributed by atoms with E-state index in [-0.39, 0.29) is 18.7 Å². The van der Waals surface area contributed by atoms with Gasteiger partial charge >= 0.3 is 5.97 Å². The number of hydrogen-bond donors (Lipinski definition) is 4. The molecule has 0 aromatic rings. The molecule has 19 heavy (non-hydrogen) atoms. The molecule has 0 aromatic heterocycles. The highest BCUT2D eigenvalue weighted by Crippen LogP contribution is 2.15. The summed E-state index contributed by atoms with van der Waals surface area (Å²) in [6.07, 6.45) is 2.16. The normalized spacial score (nSPS) is 17.7. The summed E-state index contributed by atoms with van der Waals surface area (Å²) in [5, 5.41) is 14.6. The number of piperidine rings is 1. The molecule has 1 atom stereocenters. The number of carbonyl (C=O) groups is 3. The van der Waals surface area contributed by atoms with Crippen LogP contribution in [0.3, 0.4) is 0 Å². The molecule has 7 heteroatoms. The fourth-order valence-corrected chi connectivity index (χ4v) is 2.15. The van der Waals surface area contributed by atoms with Crippen molar-refractivity contribution < 1.29 is 19.5 Å². The molecular weight excluding hydrogens is 250 g/mol. The van der Waals surface area contributed by atoms with Crippen LogP contribution in [0.4, 0.5) is 0 Å². The predicted octanol–water partition coefficient (Wildman–Crippen LogP) is -0.789. The highest BCUT2D eigenvalue weighted by Gasteiger charge is 2.23. The van der Waals surface area contributed by atoms with Gasteiger partial charge in [0.25, 0.3) is 0 Å². The molecule has 1 heterocycles. The molecule has 0 aromatic carbocycles. The number of carboxylic acids is 1. The lowest BCUT2D eigenvalue weighted by Gasteiger charge is -2.23. The van der Waals surface area contributed by atoms with E-state index in [1.54, 1.807) is 0 Å². The molecule has 5 N–H and O–H groups in total. The summed E-state index contributed by atoms with van der Waals surface area (Å²) >= 11 is 0. The molecular formula is C12H21N3O4. The van der Waals surface area contributed by atoms with Gasteiger partial charge in [0.05, 0.1) is 0 Å². The van der Waals surface area contributed by atoms with Crippen molar-refractivity contribution in [2.24, 2.45) is 11.7 Å². The van der Waals surface area contributed by atoms with E-state index in [1.807, 2.05) is 0 Å².